The van der Waals surface area contributed by atoms with Gasteiger partial charge in [0, 0.05) is 58.2 Å². The van der Waals surface area contributed by atoms with Crippen LogP contribution in [0.2, 0.25) is 0 Å². The second-order valence-corrected chi connectivity index (χ2v) is 8.56. The first-order chi connectivity index (χ1) is 15.4. The summed E-state index contributed by atoms with van der Waals surface area (Å²) in [7, 11) is 6.15. The topological polar surface area (TPSA) is 67.9 Å². The first-order valence-corrected chi connectivity index (χ1v) is 11.3. The number of amides is 2. The van der Waals surface area contributed by atoms with E-state index in [0.717, 1.165) is 43.9 Å². The number of hydrogen-bond donors (Lipinski definition) is 2. The third kappa shape index (κ3) is 6.31. The van der Waals surface area contributed by atoms with Gasteiger partial charge in [0.05, 0.1) is 6.04 Å². The summed E-state index contributed by atoms with van der Waals surface area (Å²) in [6.45, 7) is 6.26. The molecule has 2 N–H and O–H groups in total. The van der Waals surface area contributed by atoms with Gasteiger partial charge < -0.3 is 20.4 Å². The molecule has 2 aromatic rings. The lowest BCUT2D eigenvalue weighted by molar-refractivity contribution is -0.136. The summed E-state index contributed by atoms with van der Waals surface area (Å²) in [6.07, 6.45) is 0.928. The van der Waals surface area contributed by atoms with Gasteiger partial charge in [-0.05, 0) is 48.9 Å². The first kappa shape index (κ1) is 23.8. The number of carbonyl (C=O) groups excluding carboxylic acids is 2. The van der Waals surface area contributed by atoms with Crippen LogP contribution >= 0.6 is 0 Å². The van der Waals surface area contributed by atoms with Gasteiger partial charge in [-0.25, -0.2) is 0 Å². The van der Waals surface area contributed by atoms with Crippen molar-refractivity contribution in [1.29, 1.82) is 0 Å². The minimum Gasteiger partial charge on any atom is -0.378 e. The van der Waals surface area contributed by atoms with Gasteiger partial charge in [-0.15, -0.1) is 0 Å². The summed E-state index contributed by atoms with van der Waals surface area (Å²) in [5.74, 6) is -1.26. The minimum atomic E-state index is -0.644. The Morgan fingerprint density at radius 2 is 1.56 bits per heavy atom. The Hall–Kier alpha value is -2.90. The molecule has 1 unspecified atom stereocenters. The van der Waals surface area contributed by atoms with Crippen LogP contribution in [0.4, 0.5) is 11.4 Å². The molecule has 7 nitrogen and oxygen atoms in total. The molecule has 32 heavy (non-hydrogen) atoms. The maximum atomic E-state index is 12.5. The van der Waals surface area contributed by atoms with Crippen LogP contribution in [0.5, 0.6) is 0 Å². The number of piperazine rings is 1. The lowest BCUT2D eigenvalue weighted by Gasteiger charge is -2.38. The number of anilines is 2. The highest BCUT2D eigenvalue weighted by Crippen LogP contribution is 2.24. The molecule has 172 valence electrons. The summed E-state index contributed by atoms with van der Waals surface area (Å²) in [5.41, 5.74) is 4.07. The molecule has 0 radical (unpaired) electrons. The molecule has 1 fully saturated rings. The van der Waals surface area contributed by atoms with E-state index < -0.39 is 11.8 Å². The van der Waals surface area contributed by atoms with Crippen LogP contribution in [0.15, 0.2) is 48.5 Å². The van der Waals surface area contributed by atoms with Gasteiger partial charge in [-0.2, -0.15) is 0 Å². The SMILES string of the molecule is CCc1ccc(NC(=O)C(=O)NCC(c2ccc(N(C)C)cc2)N2CCN(C)CC2)cc1. The molecule has 1 aliphatic heterocycles. The normalized spacial score (nSPS) is 15.8. The van der Waals surface area contributed by atoms with Crippen LogP contribution in [0, 0.1) is 0 Å². The predicted molar refractivity (Wildman–Crippen MR) is 130 cm³/mol. The van der Waals surface area contributed by atoms with Gasteiger partial charge in [0.15, 0.2) is 0 Å². The lowest BCUT2D eigenvalue weighted by Crippen LogP contribution is -2.49. The van der Waals surface area contributed by atoms with E-state index in [1.54, 1.807) is 0 Å². The molecule has 1 aliphatic rings. The predicted octanol–water partition coefficient (Wildman–Crippen LogP) is 2.36. The monoisotopic (exact) mass is 437 g/mol. The molecule has 2 aromatic carbocycles. The second kappa shape index (κ2) is 11.1. The van der Waals surface area contributed by atoms with E-state index in [1.165, 1.54) is 5.56 Å². The van der Waals surface area contributed by atoms with Crippen molar-refractivity contribution in [3.8, 4) is 0 Å². The minimum absolute atomic E-state index is 0.0144. The molecule has 1 saturated heterocycles. The zero-order valence-corrected chi connectivity index (χ0v) is 19.6. The number of carbonyl (C=O) groups is 2. The van der Waals surface area contributed by atoms with Gasteiger partial charge >= 0.3 is 11.8 Å². The molecule has 0 bridgehead atoms. The number of hydrogen-bond acceptors (Lipinski definition) is 5. The van der Waals surface area contributed by atoms with E-state index in [-0.39, 0.29) is 6.04 Å². The molecular weight excluding hydrogens is 402 g/mol. The third-order valence-corrected chi connectivity index (χ3v) is 6.06. The summed E-state index contributed by atoms with van der Waals surface area (Å²) < 4.78 is 0. The van der Waals surface area contributed by atoms with Crippen LogP contribution in [0.25, 0.3) is 0 Å². The van der Waals surface area contributed by atoms with Gasteiger partial charge in [-0.1, -0.05) is 31.2 Å². The Morgan fingerprint density at radius 3 is 2.12 bits per heavy atom. The molecule has 2 amide bonds. The summed E-state index contributed by atoms with van der Waals surface area (Å²) in [6, 6.07) is 16.0. The van der Waals surface area contributed by atoms with Gasteiger partial charge in [0.25, 0.3) is 0 Å². The molecule has 7 heteroatoms. The maximum absolute atomic E-state index is 12.5. The smallest absolute Gasteiger partial charge is 0.313 e. The highest BCUT2D eigenvalue weighted by atomic mass is 16.2. The molecule has 0 spiro atoms. The highest BCUT2D eigenvalue weighted by molar-refractivity contribution is 6.39. The van der Waals surface area contributed by atoms with E-state index in [2.05, 4.69) is 63.6 Å². The summed E-state index contributed by atoms with van der Waals surface area (Å²) >= 11 is 0. The zero-order chi connectivity index (χ0) is 23.1. The van der Waals surface area contributed by atoms with E-state index in [4.69, 9.17) is 0 Å². The Labute approximate surface area is 191 Å². The van der Waals surface area contributed by atoms with E-state index in [1.807, 2.05) is 38.4 Å². The van der Waals surface area contributed by atoms with Crippen molar-refractivity contribution in [2.45, 2.75) is 19.4 Å². The number of nitrogens with zero attached hydrogens (tertiary/aromatic N) is 3. The fourth-order valence-electron chi connectivity index (χ4n) is 3.87. The number of aryl methyl sites for hydroxylation is 1. The zero-order valence-electron chi connectivity index (χ0n) is 19.6. The van der Waals surface area contributed by atoms with Crippen LogP contribution in [0.1, 0.15) is 24.1 Å². The van der Waals surface area contributed by atoms with Crippen molar-refractivity contribution in [1.82, 2.24) is 15.1 Å². The largest absolute Gasteiger partial charge is 0.378 e. The molecule has 1 heterocycles. The van der Waals surface area contributed by atoms with Gasteiger partial charge in [-0.3, -0.25) is 14.5 Å². The standard InChI is InChI=1S/C25H35N5O2/c1-5-19-6-10-21(11-7-19)27-25(32)24(31)26-18-23(30-16-14-29(4)15-17-30)20-8-12-22(13-9-20)28(2)3/h6-13,23H,5,14-18H2,1-4H3,(H,26,31)(H,27,32). The summed E-state index contributed by atoms with van der Waals surface area (Å²) in [5, 5.41) is 5.54. The third-order valence-electron chi connectivity index (χ3n) is 6.06. The quantitative estimate of drug-likeness (QED) is 0.651. The Morgan fingerprint density at radius 1 is 0.938 bits per heavy atom. The number of benzene rings is 2. The van der Waals surface area contributed by atoms with E-state index in [9.17, 15) is 9.59 Å². The van der Waals surface area contributed by atoms with Gasteiger partial charge in [0.2, 0.25) is 0 Å². The molecule has 0 saturated carbocycles. The fraction of sp³-hybridized carbons (Fsp3) is 0.440. The Bertz CT molecular complexity index is 888. The van der Waals surface area contributed by atoms with Crippen LogP contribution in [0.3, 0.4) is 0 Å². The van der Waals surface area contributed by atoms with E-state index >= 15 is 0 Å². The van der Waals surface area contributed by atoms with Crippen molar-refractivity contribution in [2.24, 2.45) is 0 Å². The van der Waals surface area contributed by atoms with Crippen LogP contribution in [-0.4, -0.2) is 75.5 Å². The van der Waals surface area contributed by atoms with Crippen molar-refractivity contribution >= 4 is 23.2 Å². The highest BCUT2D eigenvalue weighted by Gasteiger charge is 2.25. The molecule has 1 atom stereocenters. The summed E-state index contributed by atoms with van der Waals surface area (Å²) in [4.78, 5) is 31.7. The average molecular weight is 438 g/mol. The maximum Gasteiger partial charge on any atom is 0.313 e. The van der Waals surface area contributed by atoms with Crippen molar-refractivity contribution in [3.05, 3.63) is 59.7 Å². The fourth-order valence-corrected chi connectivity index (χ4v) is 3.87. The second-order valence-electron chi connectivity index (χ2n) is 8.56. The molecular formula is C25H35N5O2. The van der Waals surface area contributed by atoms with Crippen LogP contribution < -0.4 is 15.5 Å². The Balaban J connectivity index is 1.65. The van der Waals surface area contributed by atoms with Crippen molar-refractivity contribution < 1.29 is 9.59 Å². The molecule has 0 aliphatic carbocycles. The Kier molecular flexibility index (Phi) is 8.25. The van der Waals surface area contributed by atoms with Crippen molar-refractivity contribution in [2.75, 3.05) is 64.1 Å². The number of rotatable bonds is 7. The number of nitrogens with one attached hydrogen (secondary N) is 2. The van der Waals surface area contributed by atoms with E-state index in [0.29, 0.717) is 12.2 Å². The number of likely N-dealkylation sites (N-methyl/N-ethyl adjacent to an activating group) is 1. The molecule has 3 rings (SSSR count). The van der Waals surface area contributed by atoms with Crippen molar-refractivity contribution in [3.63, 3.8) is 0 Å². The lowest BCUT2D eigenvalue weighted by atomic mass is 10.0. The first-order valence-electron chi connectivity index (χ1n) is 11.3. The van der Waals surface area contributed by atoms with Crippen LogP contribution in [-0.2, 0) is 16.0 Å². The average Bonchev–Trinajstić information content (AvgIpc) is 2.81. The van der Waals surface area contributed by atoms with Gasteiger partial charge in [0.1, 0.15) is 0 Å². The molecule has 0 aromatic heterocycles.